The molecule has 0 aliphatic heterocycles. The van der Waals surface area contributed by atoms with Crippen LogP contribution in [0.5, 0.6) is 11.5 Å². The molecule has 6 nitrogen and oxygen atoms in total. The average molecular weight is 377 g/mol. The third kappa shape index (κ3) is 6.21. The quantitative estimate of drug-likeness (QED) is 0.540. The van der Waals surface area contributed by atoms with Crippen LogP contribution in [0.4, 0.5) is 0 Å². The van der Waals surface area contributed by atoms with E-state index in [-0.39, 0.29) is 6.10 Å². The van der Waals surface area contributed by atoms with Crippen molar-refractivity contribution in [3.8, 4) is 11.5 Å². The smallest absolute Gasteiger partial charge is 0.462 e. The summed E-state index contributed by atoms with van der Waals surface area (Å²) in [5.74, 6) is 0.191. The number of para-hydroxylation sites is 1. The van der Waals surface area contributed by atoms with Gasteiger partial charge in [0.25, 0.3) is 0 Å². The first-order valence-electron chi connectivity index (χ1n) is 8.36. The fourth-order valence-corrected chi connectivity index (χ4v) is 3.57. The van der Waals surface area contributed by atoms with Crippen LogP contribution >= 0.6 is 7.75 Å². The molecule has 0 fully saturated rings. The lowest BCUT2D eigenvalue weighted by Crippen LogP contribution is -2.36. The second kappa shape index (κ2) is 8.88. The number of carbonyl (C=O) groups excluding carboxylic acids is 1. The third-order valence-corrected chi connectivity index (χ3v) is 4.88. The van der Waals surface area contributed by atoms with Crippen LogP contribution in [0.25, 0.3) is 0 Å². The highest BCUT2D eigenvalue weighted by Crippen LogP contribution is 2.45. The number of hydrogen-bond acceptors (Lipinski definition) is 5. The van der Waals surface area contributed by atoms with E-state index in [1.165, 1.54) is 0 Å². The van der Waals surface area contributed by atoms with Crippen molar-refractivity contribution >= 4 is 13.7 Å². The first-order chi connectivity index (χ1) is 12.3. The lowest BCUT2D eigenvalue weighted by atomic mass is 10.2. The van der Waals surface area contributed by atoms with E-state index in [4.69, 9.17) is 13.8 Å². The average Bonchev–Trinajstić information content (AvgIpc) is 2.57. The van der Waals surface area contributed by atoms with Gasteiger partial charge in [-0.1, -0.05) is 35.9 Å². The molecule has 2 rings (SSSR count). The fourth-order valence-electron chi connectivity index (χ4n) is 2.05. The van der Waals surface area contributed by atoms with E-state index in [2.05, 4.69) is 5.09 Å². The molecule has 26 heavy (non-hydrogen) atoms. The fraction of sp³-hybridized carbons (Fsp3) is 0.316. The number of esters is 1. The molecule has 0 aliphatic carbocycles. The third-order valence-electron chi connectivity index (χ3n) is 3.27. The summed E-state index contributed by atoms with van der Waals surface area (Å²) >= 11 is 0. The van der Waals surface area contributed by atoms with Crippen LogP contribution in [0, 0.1) is 6.92 Å². The summed E-state index contributed by atoms with van der Waals surface area (Å²) in [5, 5.41) is 2.65. The maximum absolute atomic E-state index is 13.3. The molecule has 2 aromatic carbocycles. The largest absolute Gasteiger partial charge is 0.513 e. The molecule has 0 heterocycles. The van der Waals surface area contributed by atoms with Crippen molar-refractivity contribution in [3.63, 3.8) is 0 Å². The molecule has 2 aromatic rings. The highest BCUT2D eigenvalue weighted by molar-refractivity contribution is 7.52. The van der Waals surface area contributed by atoms with Gasteiger partial charge in [-0.25, -0.2) is 4.57 Å². The summed E-state index contributed by atoms with van der Waals surface area (Å²) in [6, 6.07) is 14.8. The number of ether oxygens (including phenoxy) is 1. The van der Waals surface area contributed by atoms with E-state index in [0.717, 1.165) is 5.56 Å². The first-order valence-corrected chi connectivity index (χ1v) is 9.91. The minimum absolute atomic E-state index is 0.279. The second-order valence-corrected chi connectivity index (χ2v) is 7.76. The standard InChI is InChI=1S/C19H24NO5P/c1-14(2)23-19(21)16(4)20-26(22,24-17-8-6-5-7-9-17)25-18-12-10-15(3)11-13-18/h5-14,16H,1-4H3,(H,20,22)/t16-,26?/m1/s1. The van der Waals surface area contributed by atoms with Gasteiger partial charge in [-0.15, -0.1) is 0 Å². The van der Waals surface area contributed by atoms with E-state index in [9.17, 15) is 9.36 Å². The number of carbonyl (C=O) groups is 1. The van der Waals surface area contributed by atoms with Gasteiger partial charge >= 0.3 is 13.7 Å². The van der Waals surface area contributed by atoms with E-state index in [1.807, 2.05) is 25.1 Å². The molecule has 2 atom stereocenters. The molecule has 0 aromatic heterocycles. The molecule has 140 valence electrons. The van der Waals surface area contributed by atoms with Crippen LogP contribution in [0.15, 0.2) is 54.6 Å². The van der Waals surface area contributed by atoms with Gasteiger partial charge in [-0.2, -0.15) is 5.09 Å². The van der Waals surface area contributed by atoms with Crippen LogP contribution in [0.3, 0.4) is 0 Å². The maximum Gasteiger partial charge on any atom is 0.513 e. The Morgan fingerprint density at radius 3 is 2.00 bits per heavy atom. The predicted octanol–water partition coefficient (Wildman–Crippen LogP) is 4.49. The van der Waals surface area contributed by atoms with Gasteiger partial charge in [-0.05, 0) is 52.0 Å². The predicted molar refractivity (Wildman–Crippen MR) is 100 cm³/mol. The summed E-state index contributed by atoms with van der Waals surface area (Å²) in [4.78, 5) is 12.1. The van der Waals surface area contributed by atoms with Gasteiger partial charge in [-0.3, -0.25) is 4.79 Å². The van der Waals surface area contributed by atoms with Crippen LogP contribution < -0.4 is 14.1 Å². The number of nitrogens with one attached hydrogen (secondary N) is 1. The summed E-state index contributed by atoms with van der Waals surface area (Å²) in [7, 11) is -3.88. The minimum atomic E-state index is -3.88. The van der Waals surface area contributed by atoms with Crippen molar-refractivity contribution < 1.29 is 23.1 Å². The Kier molecular flexibility index (Phi) is 6.83. The van der Waals surface area contributed by atoms with Crippen LogP contribution in [0.1, 0.15) is 26.3 Å². The number of rotatable bonds is 8. The molecular formula is C19H24NO5P. The highest BCUT2D eigenvalue weighted by atomic mass is 31.2. The Labute approximate surface area is 154 Å². The van der Waals surface area contributed by atoms with E-state index in [1.54, 1.807) is 57.2 Å². The van der Waals surface area contributed by atoms with Crippen molar-refractivity contribution in [1.82, 2.24) is 5.09 Å². The summed E-state index contributed by atoms with van der Waals surface area (Å²) in [6.45, 7) is 6.97. The number of benzene rings is 2. The zero-order valence-corrected chi connectivity index (χ0v) is 16.2. The van der Waals surface area contributed by atoms with Crippen molar-refractivity contribution in [2.45, 2.75) is 39.8 Å². The van der Waals surface area contributed by atoms with Crippen molar-refractivity contribution in [2.24, 2.45) is 0 Å². The van der Waals surface area contributed by atoms with Gasteiger partial charge in [0.2, 0.25) is 0 Å². The Hall–Kier alpha value is -2.30. The van der Waals surface area contributed by atoms with Crippen LogP contribution in [-0.4, -0.2) is 18.1 Å². The monoisotopic (exact) mass is 377 g/mol. The Balaban J connectivity index is 2.21. The van der Waals surface area contributed by atoms with Gasteiger partial charge in [0.1, 0.15) is 17.5 Å². The Bertz CT molecular complexity index is 761. The van der Waals surface area contributed by atoms with Crippen molar-refractivity contribution in [3.05, 3.63) is 60.2 Å². The highest BCUT2D eigenvalue weighted by Gasteiger charge is 2.34. The first kappa shape index (κ1) is 20.0. The van der Waals surface area contributed by atoms with Crippen LogP contribution in [-0.2, 0) is 14.1 Å². The lowest BCUT2D eigenvalue weighted by Gasteiger charge is -2.23. The van der Waals surface area contributed by atoms with Crippen LogP contribution in [0.2, 0.25) is 0 Å². The molecule has 0 amide bonds. The summed E-state index contributed by atoms with van der Waals surface area (Å²) in [6.07, 6.45) is -0.279. The molecule has 0 saturated carbocycles. The molecule has 0 bridgehead atoms. The van der Waals surface area contributed by atoms with E-state index < -0.39 is 19.8 Å². The normalized spacial score (nSPS) is 14.3. The zero-order chi connectivity index (χ0) is 19.2. The minimum Gasteiger partial charge on any atom is -0.462 e. The topological polar surface area (TPSA) is 73.9 Å². The van der Waals surface area contributed by atoms with E-state index in [0.29, 0.717) is 11.5 Å². The molecule has 0 radical (unpaired) electrons. The van der Waals surface area contributed by atoms with Gasteiger partial charge in [0, 0.05) is 0 Å². The SMILES string of the molecule is Cc1ccc(OP(=O)(N[C@H](C)C(=O)OC(C)C)Oc2ccccc2)cc1. The van der Waals surface area contributed by atoms with Gasteiger partial charge in [0.15, 0.2) is 0 Å². The number of hydrogen-bond donors (Lipinski definition) is 1. The molecule has 0 saturated heterocycles. The maximum atomic E-state index is 13.3. The molecule has 7 heteroatoms. The zero-order valence-electron chi connectivity index (χ0n) is 15.3. The van der Waals surface area contributed by atoms with E-state index >= 15 is 0 Å². The van der Waals surface area contributed by atoms with Crippen molar-refractivity contribution in [1.29, 1.82) is 0 Å². The molecule has 1 unspecified atom stereocenters. The molecule has 0 aliphatic rings. The van der Waals surface area contributed by atoms with Crippen molar-refractivity contribution in [2.75, 3.05) is 0 Å². The Morgan fingerprint density at radius 1 is 0.923 bits per heavy atom. The Morgan fingerprint density at radius 2 is 1.46 bits per heavy atom. The second-order valence-electron chi connectivity index (χ2n) is 6.14. The van der Waals surface area contributed by atoms with Gasteiger partial charge in [0.05, 0.1) is 6.10 Å². The van der Waals surface area contributed by atoms with Gasteiger partial charge < -0.3 is 13.8 Å². The molecule has 1 N–H and O–H groups in total. The molecule has 0 spiro atoms. The summed E-state index contributed by atoms with van der Waals surface area (Å²) < 4.78 is 29.6. The molecular weight excluding hydrogens is 353 g/mol. The number of aryl methyl sites for hydroxylation is 1. The summed E-state index contributed by atoms with van der Waals surface area (Å²) in [5.41, 5.74) is 1.04. The lowest BCUT2D eigenvalue weighted by molar-refractivity contribution is -0.149.